The van der Waals surface area contributed by atoms with Gasteiger partial charge in [0, 0.05) is 6.54 Å². The van der Waals surface area contributed by atoms with Crippen molar-refractivity contribution in [1.82, 2.24) is 20.2 Å². The summed E-state index contributed by atoms with van der Waals surface area (Å²) < 4.78 is 5.60. The Bertz CT molecular complexity index is 1020. The molecule has 3 aromatic rings. The maximum absolute atomic E-state index is 12.8. The number of likely N-dealkylation sites (tertiary alicyclic amines) is 1. The number of carbonyl (C=O) groups is 1. The highest BCUT2D eigenvalue weighted by Crippen LogP contribution is 2.28. The van der Waals surface area contributed by atoms with E-state index in [1.165, 1.54) is 11.3 Å². The Morgan fingerprint density at radius 2 is 2.19 bits per heavy atom. The van der Waals surface area contributed by atoms with Crippen LogP contribution < -0.4 is 10.9 Å². The van der Waals surface area contributed by atoms with Crippen molar-refractivity contribution >= 4 is 27.5 Å². The highest BCUT2D eigenvalue weighted by molar-refractivity contribution is 7.20. The average Bonchev–Trinajstić information content (AvgIpc) is 3.36. The molecule has 0 saturated carbocycles. The molecule has 0 spiro atoms. The lowest BCUT2D eigenvalue weighted by Crippen LogP contribution is -2.36. The minimum Gasteiger partial charge on any atom is -0.468 e. The van der Waals surface area contributed by atoms with Crippen LogP contribution >= 0.6 is 11.3 Å². The van der Waals surface area contributed by atoms with Crippen molar-refractivity contribution in [2.45, 2.75) is 32.7 Å². The molecule has 2 N–H and O–H groups in total. The lowest BCUT2D eigenvalue weighted by atomic mass is 10.1. The Labute approximate surface area is 160 Å². The monoisotopic (exact) mass is 386 g/mol. The van der Waals surface area contributed by atoms with Crippen molar-refractivity contribution in [3.8, 4) is 0 Å². The molecule has 1 amide bonds. The van der Waals surface area contributed by atoms with E-state index in [2.05, 4.69) is 20.2 Å². The molecule has 4 heterocycles. The number of hydrogen-bond donors (Lipinski definition) is 2. The van der Waals surface area contributed by atoms with Gasteiger partial charge in [0.1, 0.15) is 16.4 Å². The van der Waals surface area contributed by atoms with E-state index in [1.807, 2.05) is 12.1 Å². The lowest BCUT2D eigenvalue weighted by molar-refractivity contribution is 0.0937. The molecule has 27 heavy (non-hydrogen) atoms. The number of furan rings is 1. The van der Waals surface area contributed by atoms with Gasteiger partial charge in [0.2, 0.25) is 0 Å². The van der Waals surface area contributed by atoms with Gasteiger partial charge in [0.05, 0.1) is 22.6 Å². The second kappa shape index (κ2) is 7.28. The summed E-state index contributed by atoms with van der Waals surface area (Å²) in [6.45, 7) is 6.00. The van der Waals surface area contributed by atoms with Gasteiger partial charge in [-0.2, -0.15) is 0 Å². The zero-order valence-electron chi connectivity index (χ0n) is 15.4. The first-order valence-corrected chi connectivity index (χ1v) is 9.92. The van der Waals surface area contributed by atoms with Gasteiger partial charge in [-0.1, -0.05) is 0 Å². The number of rotatable bonds is 5. The molecule has 1 atom stereocenters. The van der Waals surface area contributed by atoms with Crippen LogP contribution in [0, 0.1) is 13.8 Å². The van der Waals surface area contributed by atoms with Crippen molar-refractivity contribution in [2.24, 2.45) is 0 Å². The van der Waals surface area contributed by atoms with Gasteiger partial charge in [-0.05, 0) is 57.5 Å². The van der Waals surface area contributed by atoms with Gasteiger partial charge in [0.15, 0.2) is 0 Å². The first-order valence-electron chi connectivity index (χ1n) is 9.10. The van der Waals surface area contributed by atoms with E-state index < -0.39 is 0 Å². The topological polar surface area (TPSA) is 91.2 Å². The van der Waals surface area contributed by atoms with Gasteiger partial charge in [-0.15, -0.1) is 11.3 Å². The summed E-state index contributed by atoms with van der Waals surface area (Å²) in [5.74, 6) is 1.23. The molecular weight excluding hydrogens is 364 g/mol. The smallest absolute Gasteiger partial charge is 0.261 e. The molecule has 0 aromatic carbocycles. The van der Waals surface area contributed by atoms with E-state index in [4.69, 9.17) is 4.42 Å². The van der Waals surface area contributed by atoms with Gasteiger partial charge in [-0.3, -0.25) is 14.5 Å². The molecule has 0 radical (unpaired) electrons. The second-order valence-corrected chi connectivity index (χ2v) is 7.87. The Morgan fingerprint density at radius 1 is 1.41 bits per heavy atom. The van der Waals surface area contributed by atoms with E-state index in [-0.39, 0.29) is 17.5 Å². The minimum absolute atomic E-state index is 0.0184. The Hall–Kier alpha value is -2.45. The predicted molar refractivity (Wildman–Crippen MR) is 104 cm³/mol. The molecule has 0 unspecified atom stereocenters. The average molecular weight is 386 g/mol. The number of thiophene rings is 1. The van der Waals surface area contributed by atoms with Gasteiger partial charge >= 0.3 is 0 Å². The van der Waals surface area contributed by atoms with Crippen molar-refractivity contribution in [1.29, 1.82) is 0 Å². The van der Waals surface area contributed by atoms with Gasteiger partial charge in [-0.25, -0.2) is 4.98 Å². The van der Waals surface area contributed by atoms with Crippen molar-refractivity contribution in [2.75, 3.05) is 19.6 Å². The fraction of sp³-hybridized carbons (Fsp3) is 0.421. The van der Waals surface area contributed by atoms with Crippen LogP contribution in [0.25, 0.3) is 10.2 Å². The summed E-state index contributed by atoms with van der Waals surface area (Å²) in [5, 5.41) is 3.53. The number of nitrogens with one attached hydrogen (secondary N) is 2. The molecule has 7 nitrogen and oxygen atoms in total. The molecular formula is C19H22N4O3S. The summed E-state index contributed by atoms with van der Waals surface area (Å²) in [7, 11) is 0. The minimum atomic E-state index is -0.198. The van der Waals surface area contributed by atoms with Crippen LogP contribution in [0.5, 0.6) is 0 Å². The lowest BCUT2D eigenvalue weighted by Gasteiger charge is -2.25. The zero-order valence-corrected chi connectivity index (χ0v) is 16.2. The largest absolute Gasteiger partial charge is 0.468 e. The number of amides is 1. The van der Waals surface area contributed by atoms with Crippen molar-refractivity contribution in [3.05, 3.63) is 50.8 Å². The first kappa shape index (κ1) is 17.9. The Morgan fingerprint density at radius 3 is 2.89 bits per heavy atom. The Balaban J connectivity index is 1.56. The number of aromatic amines is 1. The van der Waals surface area contributed by atoms with E-state index in [1.54, 1.807) is 20.1 Å². The highest BCUT2D eigenvalue weighted by atomic mass is 32.1. The number of hydrogen-bond acceptors (Lipinski definition) is 6. The zero-order chi connectivity index (χ0) is 19.0. The first-order chi connectivity index (χ1) is 13.0. The fourth-order valence-electron chi connectivity index (χ4n) is 3.68. The molecule has 0 bridgehead atoms. The molecule has 142 valence electrons. The number of aromatic nitrogens is 2. The van der Waals surface area contributed by atoms with E-state index in [0.29, 0.717) is 33.0 Å². The second-order valence-electron chi connectivity index (χ2n) is 6.87. The molecule has 0 aliphatic carbocycles. The molecule has 8 heteroatoms. The summed E-state index contributed by atoms with van der Waals surface area (Å²) in [4.78, 5) is 35.6. The third kappa shape index (κ3) is 3.42. The van der Waals surface area contributed by atoms with Gasteiger partial charge in [0.25, 0.3) is 11.5 Å². The summed E-state index contributed by atoms with van der Waals surface area (Å²) in [6, 6.07) is 3.84. The SMILES string of the molecule is Cc1nc2sc(C(=O)NC[C@@H](c3ccco3)N3CCCC3)c(C)c2c(=O)[nH]1. The molecule has 1 fully saturated rings. The summed E-state index contributed by atoms with van der Waals surface area (Å²) in [6.07, 6.45) is 3.99. The van der Waals surface area contributed by atoms with Crippen LogP contribution in [0.2, 0.25) is 0 Å². The van der Waals surface area contributed by atoms with Crippen LogP contribution in [-0.2, 0) is 0 Å². The van der Waals surface area contributed by atoms with Crippen LogP contribution in [-0.4, -0.2) is 40.4 Å². The standard InChI is InChI=1S/C19H22N4O3S/c1-11-15-17(24)21-12(2)22-19(15)27-16(11)18(25)20-10-13(14-6-5-9-26-14)23-7-3-4-8-23/h5-6,9,13H,3-4,7-8,10H2,1-2H3,(H,20,25)(H,21,22,24)/t13-/m0/s1. The van der Waals surface area contributed by atoms with E-state index >= 15 is 0 Å². The highest BCUT2D eigenvalue weighted by Gasteiger charge is 2.27. The number of fused-ring (bicyclic) bond motifs is 1. The number of nitrogens with zero attached hydrogens (tertiary/aromatic N) is 2. The number of H-pyrrole nitrogens is 1. The molecule has 1 aliphatic rings. The summed E-state index contributed by atoms with van der Waals surface area (Å²) in [5.41, 5.74) is 0.479. The molecule has 1 aliphatic heterocycles. The number of aryl methyl sites for hydroxylation is 2. The van der Waals surface area contributed by atoms with Crippen molar-refractivity contribution in [3.63, 3.8) is 0 Å². The van der Waals surface area contributed by atoms with Crippen molar-refractivity contribution < 1.29 is 9.21 Å². The molecule has 1 saturated heterocycles. The van der Waals surface area contributed by atoms with E-state index in [0.717, 1.165) is 31.7 Å². The number of carbonyl (C=O) groups excluding carboxylic acids is 1. The quantitative estimate of drug-likeness (QED) is 0.704. The van der Waals surface area contributed by atoms with Gasteiger partial charge < -0.3 is 14.7 Å². The predicted octanol–water partition coefficient (Wildman–Crippen LogP) is 2.76. The fourth-order valence-corrected chi connectivity index (χ4v) is 4.83. The third-order valence-electron chi connectivity index (χ3n) is 5.03. The third-order valence-corrected chi connectivity index (χ3v) is 6.22. The maximum Gasteiger partial charge on any atom is 0.261 e. The van der Waals surface area contributed by atoms with Crippen LogP contribution in [0.4, 0.5) is 0 Å². The molecule has 4 rings (SSSR count). The normalized spacial score (nSPS) is 16.1. The van der Waals surface area contributed by atoms with E-state index in [9.17, 15) is 9.59 Å². The van der Waals surface area contributed by atoms with Crippen LogP contribution in [0.1, 0.15) is 45.7 Å². The Kier molecular flexibility index (Phi) is 4.84. The maximum atomic E-state index is 12.8. The molecule has 3 aromatic heterocycles. The summed E-state index contributed by atoms with van der Waals surface area (Å²) >= 11 is 1.26. The van der Waals surface area contributed by atoms with Crippen LogP contribution in [0.15, 0.2) is 27.6 Å². The van der Waals surface area contributed by atoms with Crippen LogP contribution in [0.3, 0.4) is 0 Å².